The number of nitrogens with zero attached hydrogens (tertiary/aromatic N) is 4. The van der Waals surface area contributed by atoms with E-state index in [-0.39, 0.29) is 17.3 Å². The monoisotopic (exact) mass is 391 g/mol. The Morgan fingerprint density at radius 3 is 2.78 bits per heavy atom. The Labute approximate surface area is 158 Å². The Bertz CT molecular complexity index is 948. The van der Waals surface area contributed by atoms with Crippen LogP contribution in [0.2, 0.25) is 5.02 Å². The van der Waals surface area contributed by atoms with E-state index in [9.17, 15) is 9.18 Å². The zero-order valence-corrected chi connectivity index (χ0v) is 14.7. The molecule has 1 atom stereocenters. The number of nitrogens with two attached hydrogens (primary N) is 1. The molecule has 0 saturated heterocycles. The van der Waals surface area contributed by atoms with Gasteiger partial charge in [-0.15, -0.1) is 5.10 Å². The summed E-state index contributed by atoms with van der Waals surface area (Å²) >= 11 is 5.66. The first-order valence-electron chi connectivity index (χ1n) is 7.88. The molecule has 0 spiro atoms. The van der Waals surface area contributed by atoms with Crippen LogP contribution in [-0.2, 0) is 11.2 Å². The Morgan fingerprint density at radius 1 is 1.37 bits per heavy atom. The predicted molar refractivity (Wildman–Crippen MR) is 94.6 cm³/mol. The number of aliphatic carboxylic acids is 1. The van der Waals surface area contributed by atoms with Crippen LogP contribution in [-0.4, -0.2) is 37.1 Å². The average Bonchev–Trinajstić information content (AvgIpc) is 3.05. The van der Waals surface area contributed by atoms with Crippen molar-refractivity contribution in [2.75, 3.05) is 0 Å². The molecule has 2 heterocycles. The van der Waals surface area contributed by atoms with E-state index in [2.05, 4.69) is 15.3 Å². The summed E-state index contributed by atoms with van der Waals surface area (Å²) in [6.07, 6.45) is 3.11. The van der Waals surface area contributed by atoms with Crippen LogP contribution in [0.5, 0.6) is 11.6 Å². The summed E-state index contributed by atoms with van der Waals surface area (Å²) in [6.45, 7) is 0. The number of halogens is 2. The maximum absolute atomic E-state index is 13.7. The average molecular weight is 392 g/mol. The second-order valence-corrected chi connectivity index (χ2v) is 6.19. The summed E-state index contributed by atoms with van der Waals surface area (Å²) in [4.78, 5) is 14.5. The number of carboxylic acid groups (broad SMARTS) is 1. The maximum atomic E-state index is 13.7. The number of pyridine rings is 1. The molecule has 2 aromatic heterocycles. The van der Waals surface area contributed by atoms with E-state index in [1.54, 1.807) is 30.5 Å². The lowest BCUT2D eigenvalue weighted by Gasteiger charge is -2.07. The number of hydrogen-bond acceptors (Lipinski definition) is 6. The second-order valence-electron chi connectivity index (χ2n) is 5.75. The number of benzene rings is 1. The van der Waals surface area contributed by atoms with Crippen molar-refractivity contribution in [3.63, 3.8) is 0 Å². The molecular weight excluding hydrogens is 377 g/mol. The van der Waals surface area contributed by atoms with Crippen molar-refractivity contribution in [2.45, 2.75) is 18.9 Å². The molecule has 10 heteroatoms. The van der Waals surface area contributed by atoms with Crippen molar-refractivity contribution >= 4 is 17.6 Å². The Hall–Kier alpha value is -3.04. The lowest BCUT2D eigenvalue weighted by molar-refractivity contribution is -0.137. The van der Waals surface area contributed by atoms with E-state index in [0.29, 0.717) is 23.6 Å². The predicted octanol–water partition coefficient (Wildman–Crippen LogP) is 2.59. The molecule has 8 nitrogen and oxygen atoms in total. The highest BCUT2D eigenvalue weighted by Gasteiger charge is 2.12. The molecular formula is C17H15ClFN5O3. The topological polar surface area (TPSA) is 116 Å². The van der Waals surface area contributed by atoms with Crippen molar-refractivity contribution in [1.29, 1.82) is 0 Å². The molecule has 3 N–H and O–H groups in total. The minimum atomic E-state index is -0.961. The van der Waals surface area contributed by atoms with Crippen molar-refractivity contribution in [1.82, 2.24) is 20.0 Å². The fraction of sp³-hybridized carbons (Fsp3) is 0.176. The van der Waals surface area contributed by atoms with Gasteiger partial charge in [0.2, 0.25) is 0 Å². The van der Waals surface area contributed by atoms with Gasteiger partial charge in [0, 0.05) is 18.7 Å². The fourth-order valence-electron chi connectivity index (χ4n) is 2.34. The van der Waals surface area contributed by atoms with Crippen molar-refractivity contribution in [3.05, 3.63) is 59.3 Å². The standard InChI is InChI=1S/C17H15ClFN5O3/c18-10-5-15(19)17(21-8-10)27-14-3-1-13(2-4-14)24-9-12(22-23-24)6-11(20)7-16(25)26/h1-5,8-9,11H,6-7,20H2,(H,25,26)/t11-/m0/s1. The molecule has 0 saturated carbocycles. The van der Waals surface area contributed by atoms with Crippen LogP contribution in [0, 0.1) is 5.82 Å². The molecule has 140 valence electrons. The van der Waals surface area contributed by atoms with Gasteiger partial charge in [0.25, 0.3) is 5.88 Å². The van der Waals surface area contributed by atoms with Crippen LogP contribution >= 0.6 is 11.6 Å². The van der Waals surface area contributed by atoms with E-state index in [1.807, 2.05) is 0 Å². The molecule has 0 aliphatic heterocycles. The van der Waals surface area contributed by atoms with E-state index in [4.69, 9.17) is 27.2 Å². The lowest BCUT2D eigenvalue weighted by atomic mass is 10.1. The van der Waals surface area contributed by atoms with Gasteiger partial charge in [0.1, 0.15) is 5.75 Å². The third kappa shape index (κ3) is 4.99. The third-order valence-electron chi connectivity index (χ3n) is 3.54. The van der Waals surface area contributed by atoms with Gasteiger partial charge in [0.15, 0.2) is 5.82 Å². The van der Waals surface area contributed by atoms with Crippen LogP contribution in [0.1, 0.15) is 12.1 Å². The van der Waals surface area contributed by atoms with Crippen LogP contribution in [0.25, 0.3) is 5.69 Å². The van der Waals surface area contributed by atoms with Gasteiger partial charge in [-0.2, -0.15) is 0 Å². The van der Waals surface area contributed by atoms with Crippen LogP contribution in [0.3, 0.4) is 0 Å². The molecule has 27 heavy (non-hydrogen) atoms. The highest BCUT2D eigenvalue weighted by molar-refractivity contribution is 6.30. The Balaban J connectivity index is 1.67. The highest BCUT2D eigenvalue weighted by Crippen LogP contribution is 2.24. The summed E-state index contributed by atoms with van der Waals surface area (Å²) < 4.78 is 20.6. The number of aromatic nitrogens is 4. The highest BCUT2D eigenvalue weighted by atomic mass is 35.5. The minimum Gasteiger partial charge on any atom is -0.481 e. The van der Waals surface area contributed by atoms with Crippen LogP contribution in [0.4, 0.5) is 4.39 Å². The molecule has 0 aliphatic carbocycles. The minimum absolute atomic E-state index is 0.145. The summed E-state index contributed by atoms with van der Waals surface area (Å²) in [5.41, 5.74) is 7.02. The molecule has 1 aromatic carbocycles. The van der Waals surface area contributed by atoms with Crippen molar-refractivity contribution < 1.29 is 19.0 Å². The van der Waals surface area contributed by atoms with Gasteiger partial charge in [-0.05, 0) is 30.3 Å². The van der Waals surface area contributed by atoms with Crippen LogP contribution < -0.4 is 10.5 Å². The quantitative estimate of drug-likeness (QED) is 0.635. The van der Waals surface area contributed by atoms with Gasteiger partial charge in [-0.25, -0.2) is 14.1 Å². The zero-order chi connectivity index (χ0) is 19.4. The maximum Gasteiger partial charge on any atom is 0.304 e. The van der Waals surface area contributed by atoms with Gasteiger partial charge >= 0.3 is 5.97 Å². The summed E-state index contributed by atoms with van der Waals surface area (Å²) in [5, 5.41) is 16.9. The first-order valence-corrected chi connectivity index (χ1v) is 8.26. The smallest absolute Gasteiger partial charge is 0.304 e. The second kappa shape index (κ2) is 8.11. The Kier molecular flexibility index (Phi) is 5.63. The number of hydrogen-bond donors (Lipinski definition) is 2. The molecule has 0 bridgehead atoms. The summed E-state index contributed by atoms with van der Waals surface area (Å²) in [6, 6.07) is 7.25. The van der Waals surface area contributed by atoms with E-state index >= 15 is 0 Å². The number of carbonyl (C=O) groups is 1. The van der Waals surface area contributed by atoms with Gasteiger partial charge in [-0.3, -0.25) is 4.79 Å². The summed E-state index contributed by atoms with van der Waals surface area (Å²) in [7, 11) is 0. The SMILES string of the molecule is N[C@H](CC(=O)O)Cc1cn(-c2ccc(Oc3ncc(Cl)cc3F)cc2)nn1. The first-order chi connectivity index (χ1) is 12.9. The van der Waals surface area contributed by atoms with Crippen molar-refractivity contribution in [3.8, 4) is 17.3 Å². The number of carboxylic acids is 1. The third-order valence-corrected chi connectivity index (χ3v) is 3.75. The van der Waals surface area contributed by atoms with E-state index in [1.165, 1.54) is 10.9 Å². The molecule has 0 radical (unpaired) electrons. The number of ether oxygens (including phenoxy) is 1. The lowest BCUT2D eigenvalue weighted by Crippen LogP contribution is -2.26. The molecule has 0 fully saturated rings. The zero-order valence-electron chi connectivity index (χ0n) is 13.9. The van der Waals surface area contributed by atoms with Gasteiger partial charge < -0.3 is 15.6 Å². The van der Waals surface area contributed by atoms with E-state index in [0.717, 1.165) is 6.07 Å². The first kappa shape index (κ1) is 18.7. The normalized spacial score (nSPS) is 12.0. The molecule has 0 aliphatic rings. The molecule has 3 rings (SSSR count). The summed E-state index contributed by atoms with van der Waals surface area (Å²) in [5.74, 6) is -1.42. The molecule has 0 amide bonds. The van der Waals surface area contributed by atoms with Gasteiger partial charge in [-0.1, -0.05) is 16.8 Å². The largest absolute Gasteiger partial charge is 0.481 e. The van der Waals surface area contributed by atoms with E-state index < -0.39 is 17.8 Å². The number of rotatable bonds is 7. The molecule has 3 aromatic rings. The molecule has 0 unspecified atom stereocenters. The van der Waals surface area contributed by atoms with Gasteiger partial charge in [0.05, 0.1) is 29.0 Å². The fourth-order valence-corrected chi connectivity index (χ4v) is 2.48. The Morgan fingerprint density at radius 2 is 2.11 bits per heavy atom. The van der Waals surface area contributed by atoms with Crippen molar-refractivity contribution in [2.24, 2.45) is 5.73 Å². The van der Waals surface area contributed by atoms with Crippen LogP contribution in [0.15, 0.2) is 42.7 Å².